The second kappa shape index (κ2) is 5.68. The van der Waals surface area contributed by atoms with Crippen molar-refractivity contribution < 1.29 is 14.6 Å². The van der Waals surface area contributed by atoms with Crippen molar-refractivity contribution in [3.8, 4) is 0 Å². The van der Waals surface area contributed by atoms with E-state index in [-0.39, 0.29) is 11.5 Å². The average Bonchev–Trinajstić information content (AvgIpc) is 3.07. The summed E-state index contributed by atoms with van der Waals surface area (Å²) in [6, 6.07) is 0. The summed E-state index contributed by atoms with van der Waals surface area (Å²) in [5.41, 5.74) is 5.42. The molecule has 0 bridgehead atoms. The Hall–Kier alpha value is -0.160. The summed E-state index contributed by atoms with van der Waals surface area (Å²) in [6.45, 7) is 13.7. The van der Waals surface area contributed by atoms with Crippen molar-refractivity contribution in [3.05, 3.63) is 0 Å². The minimum atomic E-state index is -0.873. The maximum atomic E-state index is 10.5. The molecular weight excluding hydrogens is 242 g/mol. The molecule has 4 heteroatoms. The highest BCUT2D eigenvalue weighted by Gasteiger charge is 2.48. The molecule has 0 aromatic carbocycles. The molecule has 0 spiro atoms. The van der Waals surface area contributed by atoms with Gasteiger partial charge in [-0.1, -0.05) is 34.1 Å². The van der Waals surface area contributed by atoms with Gasteiger partial charge < -0.3 is 20.3 Å². The number of nitrogens with two attached hydrogens (primary N) is 1. The van der Waals surface area contributed by atoms with Gasteiger partial charge in [0.2, 0.25) is 0 Å². The average molecular weight is 273 g/mol. The minimum absolute atomic E-state index is 0.117. The number of hydrogen-bond donors (Lipinski definition) is 2. The molecule has 0 aliphatic carbocycles. The van der Waals surface area contributed by atoms with Gasteiger partial charge in [0, 0.05) is 11.0 Å². The second-order valence-corrected chi connectivity index (χ2v) is 7.47. The summed E-state index contributed by atoms with van der Waals surface area (Å²) < 4.78 is 10.7. The van der Waals surface area contributed by atoms with Crippen LogP contribution in [-0.4, -0.2) is 36.3 Å². The van der Waals surface area contributed by atoms with Crippen molar-refractivity contribution in [1.82, 2.24) is 0 Å². The zero-order valence-corrected chi connectivity index (χ0v) is 13.3. The molecule has 19 heavy (non-hydrogen) atoms. The van der Waals surface area contributed by atoms with Gasteiger partial charge in [-0.2, -0.15) is 0 Å². The molecule has 1 rings (SSSR count). The molecule has 1 saturated heterocycles. The van der Waals surface area contributed by atoms with Crippen molar-refractivity contribution >= 4 is 0 Å². The van der Waals surface area contributed by atoms with Gasteiger partial charge in [0.25, 0.3) is 0 Å². The lowest BCUT2D eigenvalue weighted by Crippen LogP contribution is -2.57. The first kappa shape index (κ1) is 16.9. The normalized spacial score (nSPS) is 24.9. The number of aliphatic hydroxyl groups is 1. The van der Waals surface area contributed by atoms with Crippen LogP contribution in [0.5, 0.6) is 0 Å². The number of aliphatic hydroxyl groups excluding tert-OH is 1. The van der Waals surface area contributed by atoms with E-state index in [4.69, 9.17) is 15.2 Å². The van der Waals surface area contributed by atoms with Crippen LogP contribution in [0.25, 0.3) is 0 Å². The molecule has 0 amide bonds. The number of hydrogen-bond acceptors (Lipinski definition) is 4. The summed E-state index contributed by atoms with van der Waals surface area (Å²) in [7, 11) is 0. The van der Waals surface area contributed by atoms with Crippen LogP contribution in [0.2, 0.25) is 0 Å². The van der Waals surface area contributed by atoms with Crippen LogP contribution < -0.4 is 5.73 Å². The van der Waals surface area contributed by atoms with Crippen molar-refractivity contribution in [1.29, 1.82) is 0 Å². The van der Waals surface area contributed by atoms with E-state index in [1.807, 2.05) is 20.8 Å². The Morgan fingerprint density at radius 2 is 1.84 bits per heavy atom. The summed E-state index contributed by atoms with van der Waals surface area (Å²) in [5.74, 6) is 0. The number of epoxide rings is 1. The molecule has 1 aliphatic rings. The second-order valence-electron chi connectivity index (χ2n) is 7.47. The predicted octanol–water partition coefficient (Wildman–Crippen LogP) is 2.29. The van der Waals surface area contributed by atoms with Gasteiger partial charge >= 0.3 is 0 Å². The third-order valence-corrected chi connectivity index (χ3v) is 4.66. The van der Waals surface area contributed by atoms with E-state index < -0.39 is 17.2 Å². The Balaban J connectivity index is 2.78. The zero-order valence-electron chi connectivity index (χ0n) is 13.3. The van der Waals surface area contributed by atoms with E-state index in [0.717, 1.165) is 19.4 Å². The minimum Gasteiger partial charge on any atom is -0.371 e. The molecular formula is C15H31NO3. The van der Waals surface area contributed by atoms with Gasteiger partial charge in [0.1, 0.15) is 6.10 Å². The molecule has 1 aliphatic heterocycles. The molecule has 1 heterocycles. The maximum Gasteiger partial charge on any atom is 0.161 e. The van der Waals surface area contributed by atoms with Crippen LogP contribution in [-0.2, 0) is 9.47 Å². The van der Waals surface area contributed by atoms with Crippen molar-refractivity contribution in [2.45, 2.75) is 72.3 Å². The third-order valence-electron chi connectivity index (χ3n) is 4.66. The van der Waals surface area contributed by atoms with Crippen LogP contribution in [0.1, 0.15) is 54.4 Å². The molecule has 3 N–H and O–H groups in total. The molecule has 0 saturated carbocycles. The lowest BCUT2D eigenvalue weighted by molar-refractivity contribution is -0.200. The monoisotopic (exact) mass is 273 g/mol. The molecule has 3 unspecified atom stereocenters. The van der Waals surface area contributed by atoms with Gasteiger partial charge in [-0.3, -0.25) is 0 Å². The van der Waals surface area contributed by atoms with Gasteiger partial charge in [0.15, 0.2) is 6.29 Å². The van der Waals surface area contributed by atoms with E-state index in [0.29, 0.717) is 6.61 Å². The third kappa shape index (κ3) is 4.42. The first-order valence-electron chi connectivity index (χ1n) is 7.22. The van der Waals surface area contributed by atoms with Crippen LogP contribution in [0.4, 0.5) is 0 Å². The first-order valence-corrected chi connectivity index (χ1v) is 7.22. The van der Waals surface area contributed by atoms with Crippen molar-refractivity contribution in [3.63, 3.8) is 0 Å². The predicted molar refractivity (Wildman–Crippen MR) is 76.8 cm³/mol. The molecule has 114 valence electrons. The van der Waals surface area contributed by atoms with Crippen molar-refractivity contribution in [2.24, 2.45) is 16.6 Å². The molecule has 3 atom stereocenters. The Labute approximate surface area is 117 Å². The molecule has 0 aromatic rings. The van der Waals surface area contributed by atoms with Gasteiger partial charge in [-0.15, -0.1) is 0 Å². The fraction of sp³-hybridized carbons (Fsp3) is 1.00. The highest BCUT2D eigenvalue weighted by atomic mass is 16.6. The van der Waals surface area contributed by atoms with E-state index in [1.54, 1.807) is 0 Å². The van der Waals surface area contributed by atoms with E-state index in [9.17, 15) is 5.11 Å². The summed E-state index contributed by atoms with van der Waals surface area (Å²) >= 11 is 0. The Kier molecular flexibility index (Phi) is 5.05. The molecule has 1 fully saturated rings. The van der Waals surface area contributed by atoms with Crippen molar-refractivity contribution in [2.75, 3.05) is 13.2 Å². The SMILES string of the molecule is CCC(C)(C)CC(C)(C(O)OCC1CO1)C(C)(C)N. The lowest BCUT2D eigenvalue weighted by atomic mass is 9.63. The van der Waals surface area contributed by atoms with E-state index in [2.05, 4.69) is 20.8 Å². The number of ether oxygens (including phenoxy) is 2. The zero-order chi connectivity index (χ0) is 14.9. The molecule has 4 nitrogen and oxygen atoms in total. The smallest absolute Gasteiger partial charge is 0.161 e. The largest absolute Gasteiger partial charge is 0.371 e. The Bertz CT molecular complexity index is 294. The fourth-order valence-corrected chi connectivity index (χ4v) is 2.30. The van der Waals surface area contributed by atoms with Crippen LogP contribution >= 0.6 is 0 Å². The van der Waals surface area contributed by atoms with Gasteiger partial charge in [-0.25, -0.2) is 0 Å². The van der Waals surface area contributed by atoms with Crippen LogP contribution in [0.15, 0.2) is 0 Å². The Morgan fingerprint density at radius 3 is 2.21 bits per heavy atom. The van der Waals surface area contributed by atoms with Crippen LogP contribution in [0, 0.1) is 10.8 Å². The maximum absolute atomic E-state index is 10.5. The summed E-state index contributed by atoms with van der Waals surface area (Å²) in [4.78, 5) is 0. The molecule has 0 radical (unpaired) electrons. The van der Waals surface area contributed by atoms with E-state index >= 15 is 0 Å². The summed E-state index contributed by atoms with van der Waals surface area (Å²) in [6.07, 6.45) is 1.13. The van der Waals surface area contributed by atoms with Gasteiger partial charge in [-0.05, 0) is 25.7 Å². The summed E-state index contributed by atoms with van der Waals surface area (Å²) in [5, 5.41) is 10.5. The molecule has 0 aromatic heterocycles. The van der Waals surface area contributed by atoms with Gasteiger partial charge in [0.05, 0.1) is 13.2 Å². The van der Waals surface area contributed by atoms with Crippen LogP contribution in [0.3, 0.4) is 0 Å². The lowest BCUT2D eigenvalue weighted by Gasteiger charge is -2.48. The highest BCUT2D eigenvalue weighted by molar-refractivity contribution is 4.98. The first-order chi connectivity index (χ1) is 8.52. The Morgan fingerprint density at radius 1 is 1.32 bits per heavy atom. The number of rotatable bonds is 8. The standard InChI is InChI=1S/C15H31NO3/c1-7-13(2,3)10-15(6,14(4,5)16)12(17)19-9-11-8-18-11/h11-12,17H,7-10,16H2,1-6H3. The fourth-order valence-electron chi connectivity index (χ4n) is 2.30. The van der Waals surface area contributed by atoms with E-state index in [1.165, 1.54) is 0 Å². The highest BCUT2D eigenvalue weighted by Crippen LogP contribution is 2.45. The topological polar surface area (TPSA) is 68.0 Å². The quantitative estimate of drug-likeness (QED) is 0.526.